The summed E-state index contributed by atoms with van der Waals surface area (Å²) >= 11 is 0. The van der Waals surface area contributed by atoms with Gasteiger partial charge in [0.2, 0.25) is 0 Å². The minimum atomic E-state index is 0.816. The van der Waals surface area contributed by atoms with Gasteiger partial charge in [-0.15, -0.1) is 0 Å². The topological polar surface area (TPSA) is 24.9 Å². The molecule has 0 atom stereocenters. The maximum atomic E-state index is 4.50. The summed E-state index contributed by atoms with van der Waals surface area (Å²) in [6, 6.07) is 12.4. The Kier molecular flexibility index (Phi) is 2.56. The summed E-state index contributed by atoms with van der Waals surface area (Å²) in [6.45, 7) is 4.94. The van der Waals surface area contributed by atoms with Crippen LogP contribution in [0.5, 0.6) is 0 Å². The summed E-state index contributed by atoms with van der Waals surface area (Å²) in [4.78, 5) is 4.50. The van der Waals surface area contributed by atoms with Crippen molar-refractivity contribution >= 4 is 5.69 Å². The number of aromatic nitrogens is 1. The SMILES string of the molecule is [CH2]c1cccc(-c2cccc3c2NCCC3)n1. The van der Waals surface area contributed by atoms with Crippen molar-refractivity contribution in [3.63, 3.8) is 0 Å². The summed E-state index contributed by atoms with van der Waals surface area (Å²) in [6.07, 6.45) is 2.36. The van der Waals surface area contributed by atoms with Gasteiger partial charge in [-0.2, -0.15) is 0 Å². The second kappa shape index (κ2) is 4.21. The van der Waals surface area contributed by atoms with Crippen molar-refractivity contribution in [1.82, 2.24) is 4.98 Å². The maximum absolute atomic E-state index is 4.50. The van der Waals surface area contributed by atoms with Crippen molar-refractivity contribution in [1.29, 1.82) is 0 Å². The molecule has 0 fully saturated rings. The number of nitrogens with zero attached hydrogens (tertiary/aromatic N) is 1. The van der Waals surface area contributed by atoms with Crippen LogP contribution in [-0.4, -0.2) is 11.5 Å². The first-order chi connectivity index (χ1) is 8.34. The van der Waals surface area contributed by atoms with E-state index in [-0.39, 0.29) is 0 Å². The molecule has 1 aromatic heterocycles. The van der Waals surface area contributed by atoms with Crippen LogP contribution in [0.3, 0.4) is 0 Å². The highest BCUT2D eigenvalue weighted by molar-refractivity contribution is 5.78. The van der Waals surface area contributed by atoms with Crippen molar-refractivity contribution in [3.05, 3.63) is 54.6 Å². The zero-order valence-electron chi connectivity index (χ0n) is 9.74. The van der Waals surface area contributed by atoms with Crippen molar-refractivity contribution in [3.8, 4) is 11.3 Å². The van der Waals surface area contributed by atoms with Gasteiger partial charge >= 0.3 is 0 Å². The molecule has 1 radical (unpaired) electrons. The number of hydrogen-bond donors (Lipinski definition) is 1. The van der Waals surface area contributed by atoms with E-state index in [1.54, 1.807) is 0 Å². The van der Waals surface area contributed by atoms with E-state index >= 15 is 0 Å². The Hall–Kier alpha value is -1.83. The molecule has 2 nitrogen and oxygen atoms in total. The standard InChI is InChI=1S/C15H15N2/c1-11-5-2-9-14(17-11)13-8-3-6-12-7-4-10-16-15(12)13/h2-3,5-6,8-9,16H,1,4,7,10H2. The Labute approximate surface area is 102 Å². The van der Waals surface area contributed by atoms with Crippen LogP contribution in [-0.2, 0) is 6.42 Å². The van der Waals surface area contributed by atoms with E-state index in [0.29, 0.717) is 0 Å². The van der Waals surface area contributed by atoms with Crippen LogP contribution in [0, 0.1) is 6.92 Å². The lowest BCUT2D eigenvalue weighted by atomic mass is 9.97. The van der Waals surface area contributed by atoms with E-state index in [9.17, 15) is 0 Å². The molecule has 2 heterocycles. The third-order valence-electron chi connectivity index (χ3n) is 3.16. The number of nitrogens with one attached hydrogen (secondary N) is 1. The fourth-order valence-electron chi connectivity index (χ4n) is 2.35. The van der Waals surface area contributed by atoms with E-state index in [2.05, 4.69) is 35.4 Å². The average molecular weight is 223 g/mol. The van der Waals surface area contributed by atoms with E-state index in [0.717, 1.165) is 24.4 Å². The fraction of sp³-hybridized carbons (Fsp3) is 0.200. The smallest absolute Gasteiger partial charge is 0.0726 e. The Balaban J connectivity index is 2.14. The molecule has 0 saturated carbocycles. The third-order valence-corrected chi connectivity index (χ3v) is 3.16. The molecular formula is C15H15N2. The number of anilines is 1. The molecule has 1 N–H and O–H groups in total. The lowest BCUT2D eigenvalue weighted by Gasteiger charge is -2.21. The number of hydrogen-bond acceptors (Lipinski definition) is 2. The van der Waals surface area contributed by atoms with Gasteiger partial charge in [0.25, 0.3) is 0 Å². The zero-order valence-corrected chi connectivity index (χ0v) is 9.74. The Morgan fingerprint density at radius 1 is 1.12 bits per heavy atom. The number of rotatable bonds is 1. The van der Waals surface area contributed by atoms with E-state index < -0.39 is 0 Å². The molecule has 2 aromatic rings. The molecule has 85 valence electrons. The Bertz CT molecular complexity index is 546. The van der Waals surface area contributed by atoms with Crippen molar-refractivity contribution < 1.29 is 0 Å². The monoisotopic (exact) mass is 223 g/mol. The van der Waals surface area contributed by atoms with Crippen LogP contribution in [0.15, 0.2) is 36.4 Å². The second-order valence-electron chi connectivity index (χ2n) is 4.38. The normalized spacial score (nSPS) is 13.9. The number of para-hydroxylation sites is 1. The Morgan fingerprint density at radius 3 is 2.88 bits per heavy atom. The molecule has 3 rings (SSSR count). The van der Waals surface area contributed by atoms with Gasteiger partial charge in [-0.25, -0.2) is 0 Å². The molecule has 0 unspecified atom stereocenters. The van der Waals surface area contributed by atoms with Crippen molar-refractivity contribution in [2.45, 2.75) is 12.8 Å². The predicted molar refractivity (Wildman–Crippen MR) is 70.9 cm³/mol. The maximum Gasteiger partial charge on any atom is 0.0726 e. The minimum Gasteiger partial charge on any atom is -0.384 e. The van der Waals surface area contributed by atoms with Crippen molar-refractivity contribution in [2.24, 2.45) is 0 Å². The molecule has 0 bridgehead atoms. The van der Waals surface area contributed by atoms with Crippen LogP contribution in [0.1, 0.15) is 17.7 Å². The number of aryl methyl sites for hydroxylation is 1. The summed E-state index contributed by atoms with van der Waals surface area (Å²) in [7, 11) is 0. The largest absolute Gasteiger partial charge is 0.384 e. The summed E-state index contributed by atoms with van der Waals surface area (Å²) in [5, 5.41) is 3.49. The summed E-state index contributed by atoms with van der Waals surface area (Å²) in [5.74, 6) is 0. The van der Waals surface area contributed by atoms with Crippen LogP contribution in [0.2, 0.25) is 0 Å². The minimum absolute atomic E-state index is 0.816. The van der Waals surface area contributed by atoms with Gasteiger partial charge in [0.15, 0.2) is 0 Å². The van der Waals surface area contributed by atoms with Gasteiger partial charge in [-0.1, -0.05) is 24.3 Å². The van der Waals surface area contributed by atoms with Crippen LogP contribution >= 0.6 is 0 Å². The molecule has 1 aliphatic rings. The molecule has 17 heavy (non-hydrogen) atoms. The second-order valence-corrected chi connectivity index (χ2v) is 4.38. The summed E-state index contributed by atoms with van der Waals surface area (Å²) < 4.78 is 0. The highest BCUT2D eigenvalue weighted by Crippen LogP contribution is 2.32. The summed E-state index contributed by atoms with van der Waals surface area (Å²) in [5.41, 5.74) is 5.65. The molecule has 2 heteroatoms. The first-order valence-corrected chi connectivity index (χ1v) is 6.00. The Morgan fingerprint density at radius 2 is 2.00 bits per heavy atom. The van der Waals surface area contributed by atoms with E-state index in [1.807, 2.05) is 18.2 Å². The van der Waals surface area contributed by atoms with Crippen LogP contribution in [0.25, 0.3) is 11.3 Å². The van der Waals surface area contributed by atoms with Gasteiger partial charge in [0, 0.05) is 23.5 Å². The molecule has 0 spiro atoms. The highest BCUT2D eigenvalue weighted by Gasteiger charge is 2.13. The zero-order chi connectivity index (χ0) is 11.7. The van der Waals surface area contributed by atoms with Crippen molar-refractivity contribution in [2.75, 3.05) is 11.9 Å². The molecule has 1 aliphatic heterocycles. The molecule has 0 aliphatic carbocycles. The molecule has 1 aromatic carbocycles. The van der Waals surface area contributed by atoms with E-state index in [1.165, 1.54) is 23.2 Å². The average Bonchev–Trinajstić information content (AvgIpc) is 2.38. The van der Waals surface area contributed by atoms with Gasteiger partial charge in [0.1, 0.15) is 0 Å². The van der Waals surface area contributed by atoms with Crippen LogP contribution < -0.4 is 5.32 Å². The molecule has 0 saturated heterocycles. The highest BCUT2D eigenvalue weighted by atomic mass is 14.9. The van der Waals surface area contributed by atoms with Gasteiger partial charge in [0.05, 0.1) is 5.69 Å². The predicted octanol–water partition coefficient (Wildman–Crippen LogP) is 3.29. The lowest BCUT2D eigenvalue weighted by Crippen LogP contribution is -2.12. The third kappa shape index (κ3) is 1.91. The van der Waals surface area contributed by atoms with Gasteiger partial charge < -0.3 is 5.32 Å². The van der Waals surface area contributed by atoms with E-state index in [4.69, 9.17) is 0 Å². The van der Waals surface area contributed by atoms with Gasteiger partial charge in [-0.3, -0.25) is 4.98 Å². The molecule has 0 amide bonds. The van der Waals surface area contributed by atoms with Crippen LogP contribution in [0.4, 0.5) is 5.69 Å². The first-order valence-electron chi connectivity index (χ1n) is 6.00. The number of fused-ring (bicyclic) bond motifs is 1. The quantitative estimate of drug-likeness (QED) is 0.802. The lowest BCUT2D eigenvalue weighted by molar-refractivity contribution is 0.831. The first kappa shape index (κ1) is 10.3. The number of pyridine rings is 1. The van der Waals surface area contributed by atoms with Gasteiger partial charge in [-0.05, 0) is 37.5 Å². The number of benzene rings is 1. The molecular weight excluding hydrogens is 208 g/mol. The fourth-order valence-corrected chi connectivity index (χ4v) is 2.35.